The summed E-state index contributed by atoms with van der Waals surface area (Å²) >= 11 is 0. The predicted molar refractivity (Wildman–Crippen MR) is 139 cm³/mol. The number of H-pyrrole nitrogens is 1. The molecule has 1 saturated carbocycles. The molecule has 0 bridgehead atoms. The summed E-state index contributed by atoms with van der Waals surface area (Å²) in [6.07, 6.45) is 0.165. The van der Waals surface area contributed by atoms with Gasteiger partial charge in [-0.15, -0.1) is 0 Å². The molecule has 1 aromatic carbocycles. The van der Waals surface area contributed by atoms with Gasteiger partial charge in [0.2, 0.25) is 11.9 Å². The van der Waals surface area contributed by atoms with Gasteiger partial charge in [0.25, 0.3) is 0 Å². The van der Waals surface area contributed by atoms with Crippen LogP contribution in [0.1, 0.15) is 37.1 Å². The number of amides is 1. The number of alkyl halides is 3. The van der Waals surface area contributed by atoms with Crippen LogP contribution in [0.5, 0.6) is 0 Å². The summed E-state index contributed by atoms with van der Waals surface area (Å²) in [5, 5.41) is 3.20. The lowest BCUT2D eigenvalue weighted by atomic mass is 10.1. The summed E-state index contributed by atoms with van der Waals surface area (Å²) in [5.41, 5.74) is 2.08. The van der Waals surface area contributed by atoms with E-state index in [0.29, 0.717) is 34.3 Å². The highest BCUT2D eigenvalue weighted by Gasteiger charge is 2.35. The number of aromatic amines is 1. The minimum Gasteiger partial charge on any atom is -0.340 e. The minimum atomic E-state index is -4.55. The third-order valence-electron chi connectivity index (χ3n) is 7.35. The van der Waals surface area contributed by atoms with Gasteiger partial charge in [0, 0.05) is 49.9 Å². The van der Waals surface area contributed by atoms with Crippen molar-refractivity contribution in [1.82, 2.24) is 34.7 Å². The van der Waals surface area contributed by atoms with Crippen LogP contribution >= 0.6 is 0 Å². The largest absolute Gasteiger partial charge is 0.433 e. The topological polar surface area (TPSA) is 103 Å². The number of aromatic nitrogens is 5. The number of fused-ring (bicyclic) bond motifs is 1. The van der Waals surface area contributed by atoms with Crippen molar-refractivity contribution in [2.45, 2.75) is 32.0 Å². The van der Waals surface area contributed by atoms with Crippen molar-refractivity contribution < 1.29 is 18.0 Å². The van der Waals surface area contributed by atoms with E-state index in [9.17, 15) is 18.0 Å². The van der Waals surface area contributed by atoms with Gasteiger partial charge in [0.15, 0.2) is 0 Å². The first-order valence-electron chi connectivity index (χ1n) is 12.9. The molecule has 1 saturated heterocycles. The number of carbonyl (C=O) groups excluding carboxylic acids is 1. The zero-order valence-electron chi connectivity index (χ0n) is 21.2. The van der Waals surface area contributed by atoms with Crippen molar-refractivity contribution in [1.29, 1.82) is 0 Å². The Hall–Kier alpha value is -4.06. The number of pyridine rings is 1. The smallest absolute Gasteiger partial charge is 0.340 e. The summed E-state index contributed by atoms with van der Waals surface area (Å²) in [6.45, 7) is 5.31. The highest BCUT2D eigenvalue weighted by atomic mass is 19.4. The molecule has 4 heterocycles. The Morgan fingerprint density at radius 2 is 1.85 bits per heavy atom. The average molecular weight is 537 g/mol. The van der Waals surface area contributed by atoms with Crippen molar-refractivity contribution in [2.24, 2.45) is 5.92 Å². The van der Waals surface area contributed by atoms with Gasteiger partial charge in [-0.2, -0.15) is 13.2 Å². The minimum absolute atomic E-state index is 0.152. The second kappa shape index (κ2) is 9.92. The fourth-order valence-electron chi connectivity index (χ4n) is 4.92. The number of nitrogens with zero attached hydrogens (tertiary/aromatic N) is 6. The molecule has 1 aliphatic heterocycles. The van der Waals surface area contributed by atoms with Crippen LogP contribution in [-0.4, -0.2) is 66.8 Å². The van der Waals surface area contributed by atoms with Gasteiger partial charge in [0.05, 0.1) is 16.7 Å². The van der Waals surface area contributed by atoms with Crippen molar-refractivity contribution in [3.05, 3.63) is 60.2 Å². The molecule has 3 aromatic heterocycles. The molecule has 1 unspecified atom stereocenters. The summed E-state index contributed by atoms with van der Waals surface area (Å²) < 4.78 is 39.2. The van der Waals surface area contributed by atoms with Crippen LogP contribution in [0, 0.1) is 5.92 Å². The van der Waals surface area contributed by atoms with Gasteiger partial charge in [-0.3, -0.25) is 9.69 Å². The van der Waals surface area contributed by atoms with Crippen LogP contribution < -0.4 is 5.32 Å². The molecule has 2 aliphatic rings. The van der Waals surface area contributed by atoms with Crippen LogP contribution in [0.3, 0.4) is 0 Å². The number of imidazole rings is 1. The van der Waals surface area contributed by atoms with Gasteiger partial charge >= 0.3 is 6.18 Å². The quantitative estimate of drug-likeness (QED) is 0.365. The Bertz CT molecular complexity index is 1510. The first-order valence-corrected chi connectivity index (χ1v) is 12.9. The maximum absolute atomic E-state index is 13.1. The predicted octanol–water partition coefficient (Wildman–Crippen LogP) is 4.79. The summed E-state index contributed by atoms with van der Waals surface area (Å²) in [7, 11) is 0. The Labute approximate surface area is 222 Å². The molecule has 0 radical (unpaired) electrons. The molecule has 0 spiro atoms. The Morgan fingerprint density at radius 1 is 1.05 bits per heavy atom. The third-order valence-corrected chi connectivity index (χ3v) is 7.35. The highest BCUT2D eigenvalue weighted by Crippen LogP contribution is 2.33. The Kier molecular flexibility index (Phi) is 6.42. The van der Waals surface area contributed by atoms with Crippen molar-refractivity contribution in [3.63, 3.8) is 0 Å². The second-order valence-corrected chi connectivity index (χ2v) is 10.0. The van der Waals surface area contributed by atoms with E-state index in [1.165, 1.54) is 0 Å². The van der Waals surface area contributed by atoms with E-state index in [2.05, 4.69) is 42.1 Å². The molecule has 1 aliphatic carbocycles. The van der Waals surface area contributed by atoms with Crippen molar-refractivity contribution in [3.8, 4) is 11.3 Å². The molecule has 2 N–H and O–H groups in total. The summed E-state index contributed by atoms with van der Waals surface area (Å²) in [6, 6.07) is 10.1. The fraction of sp³-hybridized carbons (Fsp3) is 0.370. The van der Waals surface area contributed by atoms with Gasteiger partial charge in [-0.1, -0.05) is 6.07 Å². The lowest BCUT2D eigenvalue weighted by Crippen LogP contribution is -2.49. The van der Waals surface area contributed by atoms with E-state index >= 15 is 0 Å². The molecular formula is C27H27F3N8O. The molecular weight excluding hydrogens is 509 g/mol. The monoisotopic (exact) mass is 536 g/mol. The summed E-state index contributed by atoms with van der Waals surface area (Å²) in [4.78, 5) is 36.2. The molecule has 1 amide bonds. The molecule has 9 nitrogen and oxygen atoms in total. The van der Waals surface area contributed by atoms with Crippen molar-refractivity contribution in [2.75, 3.05) is 31.5 Å². The maximum atomic E-state index is 13.1. The van der Waals surface area contributed by atoms with E-state index < -0.39 is 11.9 Å². The van der Waals surface area contributed by atoms with Crippen LogP contribution in [0.2, 0.25) is 0 Å². The van der Waals surface area contributed by atoms with Crippen LogP contribution in [0.4, 0.5) is 24.9 Å². The van der Waals surface area contributed by atoms with E-state index in [4.69, 9.17) is 0 Å². The van der Waals surface area contributed by atoms with Crippen LogP contribution in [0.25, 0.3) is 22.3 Å². The van der Waals surface area contributed by atoms with Crippen LogP contribution in [-0.2, 0) is 11.0 Å². The molecule has 2 fully saturated rings. The standard InChI is InChI=1S/C27H27F3N8O/c1-16(37-8-10-38(11-9-37)25(39)17-2-3-17)18-6-7-31-24(13-18)36-26-34-20-5-4-19(12-22(20)35-26)21-14-23(27(28,29)30)33-15-32-21/h4-7,12-17H,2-3,8-11H2,1H3,(H2,31,34,35,36). The zero-order valence-corrected chi connectivity index (χ0v) is 21.2. The number of nitrogens with one attached hydrogen (secondary N) is 2. The Morgan fingerprint density at radius 3 is 2.59 bits per heavy atom. The van der Waals surface area contributed by atoms with Gasteiger partial charge < -0.3 is 15.2 Å². The number of benzene rings is 1. The van der Waals surface area contributed by atoms with E-state index in [1.807, 2.05) is 17.0 Å². The fourth-order valence-corrected chi connectivity index (χ4v) is 4.92. The average Bonchev–Trinajstić information content (AvgIpc) is 3.71. The lowest BCUT2D eigenvalue weighted by molar-refractivity contribution is -0.141. The summed E-state index contributed by atoms with van der Waals surface area (Å²) in [5.74, 6) is 1.64. The lowest BCUT2D eigenvalue weighted by Gasteiger charge is -2.38. The zero-order chi connectivity index (χ0) is 27.1. The first kappa shape index (κ1) is 25.2. The molecule has 1 atom stereocenters. The van der Waals surface area contributed by atoms with E-state index in [-0.39, 0.29) is 17.7 Å². The third kappa shape index (κ3) is 5.42. The van der Waals surface area contributed by atoms with Crippen molar-refractivity contribution >= 4 is 28.7 Å². The number of hydrogen-bond donors (Lipinski definition) is 2. The van der Waals surface area contributed by atoms with Crippen LogP contribution in [0.15, 0.2) is 48.9 Å². The molecule has 202 valence electrons. The number of piperazine rings is 1. The number of halogens is 3. The van der Waals surface area contributed by atoms with Gasteiger partial charge in [-0.05, 0) is 55.7 Å². The number of rotatable bonds is 6. The highest BCUT2D eigenvalue weighted by molar-refractivity contribution is 5.83. The SMILES string of the molecule is CC(c1ccnc(Nc2nc3ccc(-c4cc(C(F)(F)F)ncn4)cc3[nH]2)c1)N1CCN(C(=O)C2CC2)CC1. The number of carbonyl (C=O) groups is 1. The second-order valence-electron chi connectivity index (χ2n) is 10.0. The van der Waals surface area contributed by atoms with E-state index in [1.54, 1.807) is 24.4 Å². The maximum Gasteiger partial charge on any atom is 0.433 e. The molecule has 6 rings (SSSR count). The molecule has 4 aromatic rings. The molecule has 12 heteroatoms. The number of anilines is 2. The van der Waals surface area contributed by atoms with Gasteiger partial charge in [0.1, 0.15) is 17.8 Å². The van der Waals surface area contributed by atoms with E-state index in [0.717, 1.165) is 57.0 Å². The normalized spacial score (nSPS) is 17.4. The Balaban J connectivity index is 1.14. The first-order chi connectivity index (χ1) is 18.7. The van der Waals surface area contributed by atoms with Gasteiger partial charge in [-0.25, -0.2) is 19.9 Å². The number of hydrogen-bond acceptors (Lipinski definition) is 7. The molecule has 39 heavy (non-hydrogen) atoms.